The summed E-state index contributed by atoms with van der Waals surface area (Å²) in [5, 5.41) is 2.72. The van der Waals surface area contributed by atoms with E-state index in [2.05, 4.69) is 5.32 Å². The normalized spacial score (nSPS) is 13.5. The van der Waals surface area contributed by atoms with E-state index in [9.17, 15) is 14.4 Å². The maximum Gasteiger partial charge on any atom is 0.329 e. The van der Waals surface area contributed by atoms with Gasteiger partial charge in [-0.25, -0.2) is 4.79 Å². The third-order valence-corrected chi connectivity index (χ3v) is 3.89. The molecular weight excluding hydrogens is 358 g/mol. The Bertz CT molecular complexity index is 649. The van der Waals surface area contributed by atoms with Gasteiger partial charge in [-0.3, -0.25) is 9.59 Å². The first-order valence-electron chi connectivity index (χ1n) is 9.77. The Labute approximate surface area is 168 Å². The molecule has 0 aliphatic rings. The number of amides is 1. The van der Waals surface area contributed by atoms with Crippen molar-refractivity contribution in [1.29, 1.82) is 0 Å². The van der Waals surface area contributed by atoms with Gasteiger partial charge in [0.2, 0.25) is 5.91 Å². The monoisotopic (exact) mass is 391 g/mol. The summed E-state index contributed by atoms with van der Waals surface area (Å²) in [4.78, 5) is 37.9. The molecule has 0 spiro atoms. The molecule has 1 unspecified atom stereocenters. The Balaban J connectivity index is 2.99. The first-order chi connectivity index (χ1) is 13.0. The van der Waals surface area contributed by atoms with E-state index in [0.717, 1.165) is 5.56 Å². The van der Waals surface area contributed by atoms with E-state index in [0.29, 0.717) is 6.42 Å². The molecule has 0 radical (unpaired) electrons. The molecule has 1 N–H and O–H groups in total. The van der Waals surface area contributed by atoms with E-state index >= 15 is 0 Å². The zero-order chi connectivity index (χ0) is 21.3. The average molecular weight is 392 g/mol. The highest BCUT2D eigenvalue weighted by Crippen LogP contribution is 2.16. The highest BCUT2D eigenvalue weighted by atomic mass is 16.6. The molecule has 0 aliphatic heterocycles. The topological polar surface area (TPSA) is 81.7 Å². The second-order valence-electron chi connectivity index (χ2n) is 8.22. The Morgan fingerprint density at radius 1 is 1.04 bits per heavy atom. The summed E-state index contributed by atoms with van der Waals surface area (Å²) in [6.07, 6.45) is 0.621. The number of hydrogen-bond acceptors (Lipinski definition) is 5. The molecule has 1 aromatic carbocycles. The van der Waals surface area contributed by atoms with Crippen LogP contribution >= 0.6 is 0 Å². The highest BCUT2D eigenvalue weighted by molar-refractivity contribution is 5.99. The summed E-state index contributed by atoms with van der Waals surface area (Å²) in [6.45, 7) is 11.1. The fraction of sp³-hybridized carbons (Fsp3) is 0.591. The molecule has 0 saturated heterocycles. The molecule has 0 saturated carbocycles. The summed E-state index contributed by atoms with van der Waals surface area (Å²) in [5.41, 5.74) is 0.176. The van der Waals surface area contributed by atoms with Crippen molar-refractivity contribution in [2.24, 2.45) is 11.8 Å². The minimum Gasteiger partial charge on any atom is -0.465 e. The molecule has 6 heteroatoms. The Morgan fingerprint density at radius 2 is 1.64 bits per heavy atom. The Morgan fingerprint density at radius 3 is 2.14 bits per heavy atom. The minimum atomic E-state index is -1.03. The fourth-order valence-corrected chi connectivity index (χ4v) is 2.71. The van der Waals surface area contributed by atoms with Crippen LogP contribution < -0.4 is 5.32 Å². The van der Waals surface area contributed by atoms with Crippen LogP contribution in [0.4, 0.5) is 0 Å². The van der Waals surface area contributed by atoms with Crippen LogP contribution in [0.3, 0.4) is 0 Å². The van der Waals surface area contributed by atoms with E-state index in [1.807, 2.05) is 44.2 Å². The Hall–Kier alpha value is -2.37. The zero-order valence-electron chi connectivity index (χ0n) is 17.8. The molecule has 0 aliphatic carbocycles. The molecule has 0 heterocycles. The molecule has 28 heavy (non-hydrogen) atoms. The van der Waals surface area contributed by atoms with Crippen molar-refractivity contribution >= 4 is 17.8 Å². The number of carbonyl (C=O) groups excluding carboxylic acids is 3. The van der Waals surface area contributed by atoms with Gasteiger partial charge in [-0.1, -0.05) is 44.2 Å². The fourth-order valence-electron chi connectivity index (χ4n) is 2.71. The van der Waals surface area contributed by atoms with Crippen LogP contribution in [0.15, 0.2) is 30.3 Å². The van der Waals surface area contributed by atoms with Crippen LogP contribution in [0.1, 0.15) is 53.5 Å². The van der Waals surface area contributed by atoms with Gasteiger partial charge < -0.3 is 14.8 Å². The molecule has 1 rings (SSSR count). The second kappa shape index (κ2) is 10.8. The van der Waals surface area contributed by atoms with Gasteiger partial charge in [0.25, 0.3) is 0 Å². The van der Waals surface area contributed by atoms with Crippen LogP contribution in [0.25, 0.3) is 0 Å². The van der Waals surface area contributed by atoms with Crippen LogP contribution in [-0.4, -0.2) is 36.1 Å². The van der Waals surface area contributed by atoms with Gasteiger partial charge in [0.15, 0.2) is 0 Å². The second-order valence-corrected chi connectivity index (χ2v) is 8.22. The van der Waals surface area contributed by atoms with Crippen LogP contribution in [0.5, 0.6) is 0 Å². The van der Waals surface area contributed by atoms with Gasteiger partial charge in [0, 0.05) is 0 Å². The van der Waals surface area contributed by atoms with Crippen molar-refractivity contribution in [1.82, 2.24) is 5.32 Å². The van der Waals surface area contributed by atoms with Gasteiger partial charge in [0.05, 0.1) is 6.61 Å². The summed E-state index contributed by atoms with van der Waals surface area (Å²) in [5.74, 6) is -2.50. The molecule has 0 bridgehead atoms. The summed E-state index contributed by atoms with van der Waals surface area (Å²) >= 11 is 0. The van der Waals surface area contributed by atoms with Crippen molar-refractivity contribution in [2.75, 3.05) is 6.61 Å². The first-order valence-corrected chi connectivity index (χ1v) is 9.77. The average Bonchev–Trinajstić information content (AvgIpc) is 2.58. The highest BCUT2D eigenvalue weighted by Gasteiger charge is 2.33. The maximum absolute atomic E-state index is 12.9. The summed E-state index contributed by atoms with van der Waals surface area (Å²) < 4.78 is 10.5. The number of carbonyl (C=O) groups is 3. The maximum atomic E-state index is 12.9. The van der Waals surface area contributed by atoms with E-state index in [1.54, 1.807) is 27.7 Å². The third kappa shape index (κ3) is 8.55. The van der Waals surface area contributed by atoms with Crippen molar-refractivity contribution in [3.63, 3.8) is 0 Å². The molecule has 2 atom stereocenters. The molecule has 0 aromatic heterocycles. The lowest BCUT2D eigenvalue weighted by Crippen LogP contribution is -2.48. The summed E-state index contributed by atoms with van der Waals surface area (Å²) in [7, 11) is 0. The predicted octanol–water partition coefficient (Wildman–Crippen LogP) is 3.28. The van der Waals surface area contributed by atoms with E-state index < -0.39 is 35.4 Å². The van der Waals surface area contributed by atoms with E-state index in [-0.39, 0.29) is 18.9 Å². The van der Waals surface area contributed by atoms with Crippen molar-refractivity contribution in [3.05, 3.63) is 35.9 Å². The predicted molar refractivity (Wildman–Crippen MR) is 107 cm³/mol. The standard InChI is InChI=1S/C22H33NO5/c1-7-27-20(25)17(14-16-11-9-8-10-12-16)19(24)23-18(13-15(2)3)21(26)28-22(4,5)6/h8-12,15,17-18H,7,13-14H2,1-6H3,(H,23,24)/t17?,18-/m0/s1. The van der Waals surface area contributed by atoms with Gasteiger partial charge in [-0.05, 0) is 52.0 Å². The summed E-state index contributed by atoms with van der Waals surface area (Å²) in [6, 6.07) is 8.43. The SMILES string of the molecule is CCOC(=O)C(Cc1ccccc1)C(=O)N[C@@H](CC(C)C)C(=O)OC(C)(C)C. The number of rotatable bonds is 9. The van der Waals surface area contributed by atoms with Gasteiger partial charge >= 0.3 is 11.9 Å². The van der Waals surface area contributed by atoms with Crippen LogP contribution in [0.2, 0.25) is 0 Å². The smallest absolute Gasteiger partial charge is 0.329 e. The molecule has 1 amide bonds. The van der Waals surface area contributed by atoms with Gasteiger partial charge in [-0.2, -0.15) is 0 Å². The quantitative estimate of drug-likeness (QED) is 0.516. The van der Waals surface area contributed by atoms with Crippen LogP contribution in [-0.2, 0) is 30.3 Å². The third-order valence-electron chi connectivity index (χ3n) is 3.89. The lowest BCUT2D eigenvalue weighted by atomic mass is 9.97. The molecular formula is C22H33NO5. The first kappa shape index (κ1) is 23.7. The number of benzene rings is 1. The lowest BCUT2D eigenvalue weighted by molar-refractivity contribution is -0.161. The Kier molecular flexibility index (Phi) is 9.16. The molecule has 6 nitrogen and oxygen atoms in total. The molecule has 0 fully saturated rings. The lowest BCUT2D eigenvalue weighted by Gasteiger charge is -2.26. The molecule has 156 valence electrons. The van der Waals surface area contributed by atoms with Crippen molar-refractivity contribution < 1.29 is 23.9 Å². The van der Waals surface area contributed by atoms with Crippen LogP contribution in [0, 0.1) is 11.8 Å². The number of nitrogens with one attached hydrogen (secondary N) is 1. The van der Waals surface area contributed by atoms with Gasteiger partial charge in [-0.15, -0.1) is 0 Å². The number of ether oxygens (including phenoxy) is 2. The minimum absolute atomic E-state index is 0.160. The van der Waals surface area contributed by atoms with Crippen molar-refractivity contribution in [2.45, 2.75) is 66.0 Å². The van der Waals surface area contributed by atoms with E-state index in [4.69, 9.17) is 9.47 Å². The number of hydrogen-bond donors (Lipinski definition) is 1. The van der Waals surface area contributed by atoms with E-state index in [1.165, 1.54) is 0 Å². The van der Waals surface area contributed by atoms with Crippen molar-refractivity contribution in [3.8, 4) is 0 Å². The largest absolute Gasteiger partial charge is 0.465 e. The number of esters is 2. The zero-order valence-corrected chi connectivity index (χ0v) is 17.8. The molecule has 1 aromatic rings. The van der Waals surface area contributed by atoms with Gasteiger partial charge in [0.1, 0.15) is 17.6 Å².